The minimum absolute atomic E-state index is 0.0414. The molecule has 0 fully saturated rings. The highest BCUT2D eigenvalue weighted by atomic mass is 16.6. The molecule has 0 saturated carbocycles. The smallest absolute Gasteiger partial charge is 0.415 e. The highest BCUT2D eigenvalue weighted by molar-refractivity contribution is 5.95. The Morgan fingerprint density at radius 2 is 2.05 bits per heavy atom. The van der Waals surface area contributed by atoms with E-state index in [1.54, 1.807) is 45.0 Å². The maximum absolute atomic E-state index is 12.1. The lowest BCUT2D eigenvalue weighted by atomic mass is 10.1. The number of benzene rings is 1. The fourth-order valence-corrected chi connectivity index (χ4v) is 1.49. The lowest BCUT2D eigenvalue weighted by molar-refractivity contribution is 0.0585. The van der Waals surface area contributed by atoms with Crippen LogP contribution < -0.4 is 4.90 Å². The van der Waals surface area contributed by atoms with Gasteiger partial charge in [0, 0.05) is 5.56 Å². The summed E-state index contributed by atoms with van der Waals surface area (Å²) in [5, 5.41) is 0. The highest BCUT2D eigenvalue weighted by Crippen LogP contribution is 2.21. The van der Waals surface area contributed by atoms with Crippen molar-refractivity contribution in [1.29, 1.82) is 0 Å². The van der Waals surface area contributed by atoms with Gasteiger partial charge >= 0.3 is 6.09 Å². The van der Waals surface area contributed by atoms with Gasteiger partial charge in [0.05, 0.1) is 12.2 Å². The molecule has 0 radical (unpaired) electrons. The van der Waals surface area contributed by atoms with Gasteiger partial charge in [0.1, 0.15) is 5.60 Å². The summed E-state index contributed by atoms with van der Waals surface area (Å²) in [7, 11) is 0. The van der Waals surface area contributed by atoms with E-state index in [4.69, 9.17) is 11.2 Å². The van der Waals surface area contributed by atoms with Crippen molar-refractivity contribution in [2.24, 2.45) is 0 Å². The number of para-hydroxylation sites is 1. The fraction of sp³-hybridized carbons (Fsp3) is 0.333. The van der Waals surface area contributed by atoms with Gasteiger partial charge in [-0.15, -0.1) is 6.42 Å². The van der Waals surface area contributed by atoms with Crippen LogP contribution in [0.3, 0.4) is 0 Å². The molecule has 0 heterocycles. The first kappa shape index (κ1) is 14.8. The highest BCUT2D eigenvalue weighted by Gasteiger charge is 2.24. The molecule has 1 aromatic carbocycles. The van der Waals surface area contributed by atoms with Crippen LogP contribution in [0.1, 0.15) is 31.1 Å². The second-order valence-electron chi connectivity index (χ2n) is 4.95. The number of aldehydes is 1. The van der Waals surface area contributed by atoms with Crippen molar-refractivity contribution in [3.8, 4) is 12.3 Å². The van der Waals surface area contributed by atoms with Gasteiger partial charge in [-0.2, -0.15) is 0 Å². The molecule has 100 valence electrons. The first-order valence-corrected chi connectivity index (χ1v) is 5.87. The largest absolute Gasteiger partial charge is 0.443 e. The SMILES string of the molecule is C#CCN(C(=O)OC(C)(C)C)c1ccccc1C=O. The average molecular weight is 259 g/mol. The Bertz CT molecular complexity index is 509. The van der Waals surface area contributed by atoms with Gasteiger partial charge in [-0.25, -0.2) is 4.79 Å². The van der Waals surface area contributed by atoms with Crippen LogP contribution in [0.25, 0.3) is 0 Å². The van der Waals surface area contributed by atoms with E-state index >= 15 is 0 Å². The van der Waals surface area contributed by atoms with Crippen molar-refractivity contribution in [1.82, 2.24) is 0 Å². The number of nitrogens with zero attached hydrogens (tertiary/aromatic N) is 1. The van der Waals surface area contributed by atoms with Crippen molar-refractivity contribution in [2.45, 2.75) is 26.4 Å². The van der Waals surface area contributed by atoms with Gasteiger partial charge in [0.25, 0.3) is 0 Å². The number of carbonyl (C=O) groups is 2. The van der Waals surface area contributed by atoms with E-state index in [9.17, 15) is 9.59 Å². The Labute approximate surface area is 113 Å². The number of hydrogen-bond donors (Lipinski definition) is 0. The van der Waals surface area contributed by atoms with Crippen LogP contribution in [-0.4, -0.2) is 24.5 Å². The summed E-state index contributed by atoms with van der Waals surface area (Å²) < 4.78 is 5.28. The quantitative estimate of drug-likeness (QED) is 0.619. The predicted octanol–water partition coefficient (Wildman–Crippen LogP) is 2.87. The van der Waals surface area contributed by atoms with Crippen LogP contribution in [0, 0.1) is 12.3 Å². The van der Waals surface area contributed by atoms with Gasteiger partial charge in [-0.1, -0.05) is 18.1 Å². The van der Waals surface area contributed by atoms with E-state index in [0.29, 0.717) is 17.5 Å². The van der Waals surface area contributed by atoms with Gasteiger partial charge in [-0.3, -0.25) is 9.69 Å². The maximum Gasteiger partial charge on any atom is 0.415 e. The molecule has 1 aromatic rings. The van der Waals surface area contributed by atoms with E-state index in [1.165, 1.54) is 4.90 Å². The molecular formula is C15H17NO3. The number of carbonyl (C=O) groups excluding carboxylic acids is 2. The van der Waals surface area contributed by atoms with Crippen molar-refractivity contribution in [3.05, 3.63) is 29.8 Å². The topological polar surface area (TPSA) is 46.6 Å². The monoisotopic (exact) mass is 259 g/mol. The summed E-state index contributed by atoms with van der Waals surface area (Å²) in [6.45, 7) is 5.35. The minimum Gasteiger partial charge on any atom is -0.443 e. The average Bonchev–Trinajstić information content (AvgIpc) is 2.33. The normalized spacial score (nSPS) is 10.4. The molecule has 0 bridgehead atoms. The van der Waals surface area contributed by atoms with E-state index in [2.05, 4.69) is 5.92 Å². The van der Waals surface area contributed by atoms with E-state index < -0.39 is 11.7 Å². The van der Waals surface area contributed by atoms with E-state index in [0.717, 1.165) is 0 Å². The molecule has 0 N–H and O–H groups in total. The summed E-state index contributed by atoms with van der Waals surface area (Å²) in [6, 6.07) is 6.73. The van der Waals surface area contributed by atoms with Crippen molar-refractivity contribution < 1.29 is 14.3 Å². The second-order valence-corrected chi connectivity index (χ2v) is 4.95. The Kier molecular flexibility index (Phi) is 4.71. The fourth-order valence-electron chi connectivity index (χ4n) is 1.49. The summed E-state index contributed by atoms with van der Waals surface area (Å²) in [5.41, 5.74) is 0.216. The molecule has 0 aliphatic carbocycles. The lowest BCUT2D eigenvalue weighted by Gasteiger charge is -2.26. The zero-order valence-corrected chi connectivity index (χ0v) is 11.3. The van der Waals surface area contributed by atoms with Crippen LogP contribution in [0.15, 0.2) is 24.3 Å². The molecule has 0 spiro atoms. The summed E-state index contributed by atoms with van der Waals surface area (Å²) in [5.74, 6) is 2.39. The van der Waals surface area contributed by atoms with E-state index in [-0.39, 0.29) is 6.54 Å². The summed E-state index contributed by atoms with van der Waals surface area (Å²) in [4.78, 5) is 24.4. The standard InChI is InChI=1S/C15H17NO3/c1-5-10-16(14(18)19-15(2,3)4)13-9-7-6-8-12(13)11-17/h1,6-9,11H,10H2,2-4H3. The molecule has 4 nitrogen and oxygen atoms in total. The van der Waals surface area contributed by atoms with Crippen molar-refractivity contribution >= 4 is 18.1 Å². The molecule has 0 unspecified atom stereocenters. The Morgan fingerprint density at radius 3 is 2.58 bits per heavy atom. The third-order valence-corrected chi connectivity index (χ3v) is 2.22. The molecule has 0 aliphatic heterocycles. The van der Waals surface area contributed by atoms with Crippen LogP contribution in [-0.2, 0) is 4.74 Å². The molecule has 0 atom stereocenters. The van der Waals surface area contributed by atoms with Gasteiger partial charge in [0.2, 0.25) is 0 Å². The molecule has 4 heteroatoms. The Morgan fingerprint density at radius 1 is 1.42 bits per heavy atom. The zero-order chi connectivity index (χ0) is 14.5. The van der Waals surface area contributed by atoms with Gasteiger partial charge in [0.15, 0.2) is 6.29 Å². The van der Waals surface area contributed by atoms with Crippen LogP contribution in [0.5, 0.6) is 0 Å². The molecule has 0 aromatic heterocycles. The van der Waals surface area contributed by atoms with Gasteiger partial charge in [-0.05, 0) is 32.9 Å². The molecule has 1 amide bonds. The third kappa shape index (κ3) is 4.14. The van der Waals surface area contributed by atoms with Crippen LogP contribution >= 0.6 is 0 Å². The second kappa shape index (κ2) is 6.05. The summed E-state index contributed by atoms with van der Waals surface area (Å²) >= 11 is 0. The van der Waals surface area contributed by atoms with E-state index in [1.807, 2.05) is 0 Å². The summed E-state index contributed by atoms with van der Waals surface area (Å²) in [6.07, 6.45) is 5.39. The molecule has 19 heavy (non-hydrogen) atoms. The van der Waals surface area contributed by atoms with Crippen LogP contribution in [0.2, 0.25) is 0 Å². The number of anilines is 1. The Balaban J connectivity index is 3.10. The third-order valence-electron chi connectivity index (χ3n) is 2.22. The number of rotatable bonds is 3. The van der Waals surface area contributed by atoms with Crippen LogP contribution in [0.4, 0.5) is 10.5 Å². The Hall–Kier alpha value is -2.28. The number of ether oxygens (including phenoxy) is 1. The molecular weight excluding hydrogens is 242 g/mol. The number of terminal acetylenes is 1. The first-order chi connectivity index (χ1) is 8.89. The van der Waals surface area contributed by atoms with Crippen molar-refractivity contribution in [2.75, 3.05) is 11.4 Å². The molecule has 0 aliphatic rings. The predicted molar refractivity (Wildman–Crippen MR) is 74.2 cm³/mol. The molecule has 1 rings (SSSR count). The maximum atomic E-state index is 12.1. The minimum atomic E-state index is -0.625. The lowest BCUT2D eigenvalue weighted by Crippen LogP contribution is -2.37. The number of amides is 1. The zero-order valence-electron chi connectivity index (χ0n) is 11.3. The van der Waals surface area contributed by atoms with Gasteiger partial charge < -0.3 is 4.74 Å². The number of hydrogen-bond acceptors (Lipinski definition) is 3. The van der Waals surface area contributed by atoms with Crippen molar-refractivity contribution in [3.63, 3.8) is 0 Å². The first-order valence-electron chi connectivity index (χ1n) is 5.87. The molecule has 0 saturated heterocycles.